The second kappa shape index (κ2) is 11.3. The highest BCUT2D eigenvalue weighted by atomic mass is 32.2. The van der Waals surface area contributed by atoms with Gasteiger partial charge in [-0.1, -0.05) is 48.0 Å². The second-order valence-corrected chi connectivity index (χ2v) is 10.6. The van der Waals surface area contributed by atoms with E-state index in [2.05, 4.69) is 5.32 Å². The van der Waals surface area contributed by atoms with E-state index in [4.69, 9.17) is 0 Å². The molecule has 2 rings (SSSR count). The van der Waals surface area contributed by atoms with Gasteiger partial charge < -0.3 is 10.2 Å². The summed E-state index contributed by atoms with van der Waals surface area (Å²) < 4.78 is 26.4. The standard InChI is InChI=1S/C25H35N3O4S/c1-18(2)26-25(30)21(5)27(15-14-22-10-8-7-9-11-22)24(29)17-28(33(6,31)32)23-13-12-19(3)16-20(23)4/h7-13,16,18,21H,14-15,17H2,1-6H3,(H,26,30). The molecule has 1 N–H and O–H groups in total. The molecule has 0 aromatic heterocycles. The molecular weight excluding hydrogens is 438 g/mol. The molecule has 0 fully saturated rings. The molecule has 2 amide bonds. The number of anilines is 1. The van der Waals surface area contributed by atoms with Crippen molar-refractivity contribution in [3.8, 4) is 0 Å². The van der Waals surface area contributed by atoms with Crippen molar-refractivity contribution in [2.45, 2.75) is 53.1 Å². The quantitative estimate of drug-likeness (QED) is 0.575. The molecule has 1 unspecified atom stereocenters. The molecule has 0 aliphatic heterocycles. The summed E-state index contributed by atoms with van der Waals surface area (Å²) in [5.41, 5.74) is 3.24. The first kappa shape index (κ1) is 26.4. The fourth-order valence-electron chi connectivity index (χ4n) is 3.66. The molecule has 0 radical (unpaired) electrons. The van der Waals surface area contributed by atoms with Gasteiger partial charge in [0.15, 0.2) is 0 Å². The SMILES string of the molecule is Cc1ccc(N(CC(=O)N(CCc2ccccc2)C(C)C(=O)NC(C)C)S(C)(=O)=O)c(C)c1. The monoisotopic (exact) mass is 473 g/mol. The first-order valence-corrected chi connectivity index (χ1v) is 12.9. The van der Waals surface area contributed by atoms with E-state index in [1.165, 1.54) is 4.90 Å². The number of nitrogens with zero attached hydrogens (tertiary/aromatic N) is 2. The maximum Gasteiger partial charge on any atom is 0.244 e. The van der Waals surface area contributed by atoms with E-state index in [1.54, 1.807) is 13.0 Å². The number of benzene rings is 2. The van der Waals surface area contributed by atoms with Crippen molar-refractivity contribution in [3.63, 3.8) is 0 Å². The van der Waals surface area contributed by atoms with E-state index >= 15 is 0 Å². The molecule has 8 heteroatoms. The molecule has 7 nitrogen and oxygen atoms in total. The minimum atomic E-state index is -3.73. The maximum absolute atomic E-state index is 13.4. The number of sulfonamides is 1. The first-order chi connectivity index (χ1) is 15.4. The number of hydrogen-bond acceptors (Lipinski definition) is 4. The Morgan fingerprint density at radius 2 is 1.64 bits per heavy atom. The van der Waals surface area contributed by atoms with Crippen molar-refractivity contribution >= 4 is 27.5 Å². The Bertz CT molecular complexity index is 1070. The van der Waals surface area contributed by atoms with Gasteiger partial charge in [0, 0.05) is 12.6 Å². The van der Waals surface area contributed by atoms with E-state index in [0.717, 1.165) is 27.3 Å². The lowest BCUT2D eigenvalue weighted by molar-refractivity contribution is -0.139. The van der Waals surface area contributed by atoms with E-state index in [0.29, 0.717) is 18.7 Å². The summed E-state index contributed by atoms with van der Waals surface area (Å²) in [6.07, 6.45) is 1.64. The summed E-state index contributed by atoms with van der Waals surface area (Å²) in [6.45, 7) is 9.03. The predicted molar refractivity (Wildman–Crippen MR) is 133 cm³/mol. The van der Waals surface area contributed by atoms with Crippen LogP contribution in [-0.4, -0.2) is 56.6 Å². The third-order valence-corrected chi connectivity index (χ3v) is 6.51. The van der Waals surface area contributed by atoms with Gasteiger partial charge in [-0.15, -0.1) is 0 Å². The summed E-state index contributed by atoms with van der Waals surface area (Å²) in [5, 5.41) is 2.84. The Morgan fingerprint density at radius 1 is 1.00 bits per heavy atom. The number of aryl methyl sites for hydroxylation is 2. The highest BCUT2D eigenvalue weighted by Crippen LogP contribution is 2.24. The van der Waals surface area contributed by atoms with Crippen LogP contribution in [0.4, 0.5) is 5.69 Å². The van der Waals surface area contributed by atoms with E-state index in [1.807, 2.05) is 70.2 Å². The Balaban J connectivity index is 2.34. The number of nitrogens with one attached hydrogen (secondary N) is 1. The number of carbonyl (C=O) groups is 2. The summed E-state index contributed by atoms with van der Waals surface area (Å²) in [6, 6.07) is 14.3. The third kappa shape index (κ3) is 7.60. The summed E-state index contributed by atoms with van der Waals surface area (Å²) in [7, 11) is -3.73. The van der Waals surface area contributed by atoms with Gasteiger partial charge in [-0.25, -0.2) is 8.42 Å². The number of amides is 2. The molecule has 0 heterocycles. The lowest BCUT2D eigenvalue weighted by atomic mass is 10.1. The highest BCUT2D eigenvalue weighted by Gasteiger charge is 2.30. The van der Waals surface area contributed by atoms with Gasteiger partial charge in [-0.05, 0) is 58.2 Å². The van der Waals surface area contributed by atoms with Gasteiger partial charge >= 0.3 is 0 Å². The minimum absolute atomic E-state index is 0.0752. The molecule has 0 saturated heterocycles. The Hall–Kier alpha value is -2.87. The van der Waals surface area contributed by atoms with Crippen LogP contribution in [0.1, 0.15) is 37.5 Å². The van der Waals surface area contributed by atoms with E-state index in [9.17, 15) is 18.0 Å². The van der Waals surface area contributed by atoms with E-state index in [-0.39, 0.29) is 18.5 Å². The zero-order chi connectivity index (χ0) is 24.8. The van der Waals surface area contributed by atoms with Crippen LogP contribution in [0.2, 0.25) is 0 Å². The molecule has 180 valence electrons. The average molecular weight is 474 g/mol. The van der Waals surface area contributed by atoms with Crippen molar-refractivity contribution in [1.29, 1.82) is 0 Å². The summed E-state index contributed by atoms with van der Waals surface area (Å²) >= 11 is 0. The fraction of sp³-hybridized carbons (Fsp3) is 0.440. The number of carbonyl (C=O) groups excluding carboxylic acids is 2. The molecule has 2 aromatic rings. The van der Waals surface area contributed by atoms with Crippen molar-refractivity contribution in [3.05, 3.63) is 65.2 Å². The highest BCUT2D eigenvalue weighted by molar-refractivity contribution is 7.92. The number of rotatable bonds is 10. The van der Waals surface area contributed by atoms with Crippen molar-refractivity contribution in [2.75, 3.05) is 23.7 Å². The van der Waals surface area contributed by atoms with Crippen molar-refractivity contribution in [2.24, 2.45) is 0 Å². The first-order valence-electron chi connectivity index (χ1n) is 11.1. The lowest BCUT2D eigenvalue weighted by Crippen LogP contribution is -2.53. The van der Waals surface area contributed by atoms with Crippen LogP contribution in [0.25, 0.3) is 0 Å². The van der Waals surface area contributed by atoms with Gasteiger partial charge in [0.25, 0.3) is 0 Å². The van der Waals surface area contributed by atoms with Gasteiger partial charge in [0.1, 0.15) is 12.6 Å². The van der Waals surface area contributed by atoms with Crippen molar-refractivity contribution < 1.29 is 18.0 Å². The zero-order valence-corrected chi connectivity index (χ0v) is 21.1. The Kier molecular flexibility index (Phi) is 9.05. The molecule has 1 atom stereocenters. The number of hydrogen-bond donors (Lipinski definition) is 1. The van der Waals surface area contributed by atoms with Crippen LogP contribution in [0.3, 0.4) is 0 Å². The molecule has 33 heavy (non-hydrogen) atoms. The van der Waals surface area contributed by atoms with Gasteiger partial charge in [-0.3, -0.25) is 13.9 Å². The van der Waals surface area contributed by atoms with Crippen LogP contribution < -0.4 is 9.62 Å². The lowest BCUT2D eigenvalue weighted by Gasteiger charge is -2.32. The predicted octanol–water partition coefficient (Wildman–Crippen LogP) is 3.05. The Labute approximate surface area is 197 Å². The summed E-state index contributed by atoms with van der Waals surface area (Å²) in [4.78, 5) is 27.6. The molecule has 0 saturated carbocycles. The Morgan fingerprint density at radius 3 is 2.18 bits per heavy atom. The topological polar surface area (TPSA) is 86.8 Å². The average Bonchev–Trinajstić information content (AvgIpc) is 2.72. The van der Waals surface area contributed by atoms with Gasteiger partial charge in [0.05, 0.1) is 11.9 Å². The molecule has 0 aliphatic carbocycles. The minimum Gasteiger partial charge on any atom is -0.352 e. The third-order valence-electron chi connectivity index (χ3n) is 5.38. The largest absolute Gasteiger partial charge is 0.352 e. The molecular formula is C25H35N3O4S. The summed E-state index contributed by atoms with van der Waals surface area (Å²) in [5.74, 6) is -0.702. The molecule has 0 aliphatic rings. The van der Waals surface area contributed by atoms with Crippen molar-refractivity contribution in [1.82, 2.24) is 10.2 Å². The molecule has 2 aromatic carbocycles. The van der Waals surface area contributed by atoms with Crippen LogP contribution in [0.15, 0.2) is 48.5 Å². The van der Waals surface area contributed by atoms with Crippen LogP contribution >= 0.6 is 0 Å². The maximum atomic E-state index is 13.4. The molecule has 0 spiro atoms. The van der Waals surface area contributed by atoms with Crippen LogP contribution in [-0.2, 0) is 26.0 Å². The van der Waals surface area contributed by atoms with Crippen LogP contribution in [0.5, 0.6) is 0 Å². The second-order valence-electron chi connectivity index (χ2n) is 8.72. The fourth-order valence-corrected chi connectivity index (χ4v) is 4.56. The normalized spacial score (nSPS) is 12.3. The van der Waals surface area contributed by atoms with Crippen LogP contribution in [0, 0.1) is 13.8 Å². The smallest absolute Gasteiger partial charge is 0.244 e. The van der Waals surface area contributed by atoms with Gasteiger partial charge in [-0.2, -0.15) is 0 Å². The van der Waals surface area contributed by atoms with E-state index < -0.39 is 22.0 Å². The van der Waals surface area contributed by atoms with Gasteiger partial charge in [0.2, 0.25) is 21.8 Å². The zero-order valence-electron chi connectivity index (χ0n) is 20.3. The molecule has 0 bridgehead atoms.